The van der Waals surface area contributed by atoms with Crippen LogP contribution in [0.15, 0.2) is 182 Å². The third-order valence-corrected chi connectivity index (χ3v) is 13.5. The van der Waals surface area contributed by atoms with E-state index in [9.17, 15) is 0 Å². The van der Waals surface area contributed by atoms with Crippen molar-refractivity contribution < 1.29 is 9.47 Å². The van der Waals surface area contributed by atoms with E-state index in [2.05, 4.69) is 220 Å². The van der Waals surface area contributed by atoms with Gasteiger partial charge in [0.1, 0.15) is 23.7 Å². The highest BCUT2D eigenvalue weighted by atomic mass is 16.5. The molecule has 0 fully saturated rings. The molecule has 2 heterocycles. The monoisotopic (exact) mass is 802 g/mol. The van der Waals surface area contributed by atoms with E-state index in [-0.39, 0.29) is 24.0 Å². The average Bonchev–Trinajstić information content (AvgIpc) is 3.89. The molecule has 12 rings (SSSR count). The second-order valence-corrected chi connectivity index (χ2v) is 17.4. The zero-order chi connectivity index (χ0) is 41.6. The maximum atomic E-state index is 6.91. The molecule has 4 heteroatoms. The van der Waals surface area contributed by atoms with Crippen LogP contribution in [-0.4, -0.2) is 12.2 Å². The molecule has 0 saturated carbocycles. The molecule has 0 spiro atoms. The van der Waals surface area contributed by atoms with Crippen LogP contribution in [0.2, 0.25) is 0 Å². The van der Waals surface area contributed by atoms with Crippen LogP contribution in [-0.2, 0) is 0 Å². The molecule has 4 aliphatic rings. The Morgan fingerprint density at radius 1 is 0.355 bits per heavy atom. The molecule has 300 valence electrons. The van der Waals surface area contributed by atoms with Crippen LogP contribution in [0.25, 0.3) is 32.3 Å². The first-order valence-electron chi connectivity index (χ1n) is 21.8. The lowest BCUT2D eigenvalue weighted by Crippen LogP contribution is -2.17. The van der Waals surface area contributed by atoms with Crippen LogP contribution in [0.1, 0.15) is 45.2 Å². The van der Waals surface area contributed by atoms with Crippen molar-refractivity contribution in [3.8, 4) is 11.5 Å². The van der Waals surface area contributed by atoms with E-state index in [4.69, 9.17) is 9.47 Å². The summed E-state index contributed by atoms with van der Waals surface area (Å²) in [5.41, 5.74) is 13.8. The summed E-state index contributed by atoms with van der Waals surface area (Å²) in [5.74, 6) is 2.24. The number of hydrogen-bond donors (Lipinski definition) is 0. The number of rotatable bonds is 6. The maximum absolute atomic E-state index is 6.91. The molecular weight excluding hydrogens is 757 g/mol. The first kappa shape index (κ1) is 36.5. The standard InChI is InChI=1S/C58H46N2O2/c1-35-27-29-37(3)51(31-35)59(49-23-13-21-45-43-19-9-11-25-55(43)61-57(45)49)53-33-47-40-16-6-8-18-42(40)54(34-48(47)39-15-5-7-17-41(39)53)60(52-32-36(2)28-30-38(52)4)50-24-14-22-46-44-20-10-12-26-56(44)62-58(46)50/h5-34,43-44,55-56H,1-4H3. The van der Waals surface area contributed by atoms with Gasteiger partial charge >= 0.3 is 0 Å². The van der Waals surface area contributed by atoms with E-state index >= 15 is 0 Å². The molecular formula is C58H46N2O2. The van der Waals surface area contributed by atoms with Gasteiger partial charge in [0, 0.05) is 45.1 Å². The van der Waals surface area contributed by atoms with Gasteiger partial charge in [-0.25, -0.2) is 0 Å². The van der Waals surface area contributed by atoms with Crippen molar-refractivity contribution in [2.75, 3.05) is 9.80 Å². The molecule has 0 saturated heterocycles. The average molecular weight is 803 g/mol. The molecule has 0 bridgehead atoms. The lowest BCUT2D eigenvalue weighted by Gasteiger charge is -2.32. The summed E-state index contributed by atoms with van der Waals surface area (Å²) in [6.45, 7) is 8.80. The Bertz CT molecular complexity index is 3080. The number of aryl methyl sites for hydroxylation is 4. The van der Waals surface area contributed by atoms with Crippen molar-refractivity contribution >= 4 is 66.4 Å². The predicted octanol–water partition coefficient (Wildman–Crippen LogP) is 15.3. The van der Waals surface area contributed by atoms with Crippen LogP contribution < -0.4 is 19.3 Å². The molecule has 8 aromatic rings. The largest absolute Gasteiger partial charge is 0.483 e. The minimum absolute atomic E-state index is 0.0273. The molecule has 0 amide bonds. The number of para-hydroxylation sites is 2. The Morgan fingerprint density at radius 2 is 0.774 bits per heavy atom. The topological polar surface area (TPSA) is 24.9 Å². The fourth-order valence-electron chi connectivity index (χ4n) is 10.4. The summed E-state index contributed by atoms with van der Waals surface area (Å²) < 4.78 is 13.8. The highest BCUT2D eigenvalue weighted by molar-refractivity contribution is 6.24. The van der Waals surface area contributed by atoms with Gasteiger partial charge in [0.25, 0.3) is 0 Å². The van der Waals surface area contributed by atoms with Gasteiger partial charge in [-0.2, -0.15) is 0 Å². The fraction of sp³-hybridized carbons (Fsp3) is 0.138. The molecule has 4 nitrogen and oxygen atoms in total. The van der Waals surface area contributed by atoms with E-state index in [1.165, 1.54) is 65.7 Å². The second-order valence-electron chi connectivity index (χ2n) is 17.4. The highest BCUT2D eigenvalue weighted by Gasteiger charge is 2.37. The number of allylic oxidation sites excluding steroid dienone is 4. The Labute approximate surface area is 363 Å². The Hall–Kier alpha value is -7.30. The van der Waals surface area contributed by atoms with Crippen LogP contribution in [0.4, 0.5) is 34.1 Å². The van der Waals surface area contributed by atoms with Gasteiger partial charge in [0.2, 0.25) is 0 Å². The number of ether oxygens (including phenoxy) is 2. The van der Waals surface area contributed by atoms with Crippen molar-refractivity contribution in [3.05, 3.63) is 215 Å². The Balaban J connectivity index is 1.15. The van der Waals surface area contributed by atoms with Gasteiger partial charge in [-0.05, 0) is 120 Å². The number of anilines is 6. The second kappa shape index (κ2) is 14.1. The predicted molar refractivity (Wildman–Crippen MR) is 258 cm³/mol. The lowest BCUT2D eigenvalue weighted by atomic mass is 9.91. The van der Waals surface area contributed by atoms with Crippen LogP contribution in [0.3, 0.4) is 0 Å². The van der Waals surface area contributed by atoms with E-state index in [1.807, 2.05) is 0 Å². The van der Waals surface area contributed by atoms with E-state index in [0.29, 0.717) is 0 Å². The number of benzene rings is 8. The molecule has 4 unspecified atom stereocenters. The van der Waals surface area contributed by atoms with Gasteiger partial charge in [-0.1, -0.05) is 134 Å². The van der Waals surface area contributed by atoms with Gasteiger partial charge in [-0.3, -0.25) is 0 Å². The summed E-state index contributed by atoms with van der Waals surface area (Å²) in [6.07, 6.45) is 17.4. The van der Waals surface area contributed by atoms with E-state index in [1.54, 1.807) is 0 Å². The van der Waals surface area contributed by atoms with Gasteiger partial charge in [0.05, 0.1) is 22.7 Å². The van der Waals surface area contributed by atoms with Crippen molar-refractivity contribution in [1.29, 1.82) is 0 Å². The van der Waals surface area contributed by atoms with E-state index in [0.717, 1.165) is 45.6 Å². The molecule has 0 N–H and O–H groups in total. The minimum Gasteiger partial charge on any atom is -0.483 e. The van der Waals surface area contributed by atoms with Crippen LogP contribution >= 0.6 is 0 Å². The zero-order valence-corrected chi connectivity index (χ0v) is 35.3. The molecule has 0 aromatic heterocycles. The highest BCUT2D eigenvalue weighted by Crippen LogP contribution is 2.55. The maximum Gasteiger partial charge on any atom is 0.148 e. The third-order valence-electron chi connectivity index (χ3n) is 13.5. The Morgan fingerprint density at radius 3 is 1.23 bits per heavy atom. The van der Waals surface area contributed by atoms with E-state index < -0.39 is 0 Å². The molecule has 2 aliphatic heterocycles. The summed E-state index contributed by atoms with van der Waals surface area (Å²) in [6, 6.07) is 49.6. The molecule has 8 aromatic carbocycles. The first-order chi connectivity index (χ1) is 30.4. The molecule has 62 heavy (non-hydrogen) atoms. The minimum atomic E-state index is -0.0273. The van der Waals surface area contributed by atoms with Gasteiger partial charge in [0.15, 0.2) is 0 Å². The normalized spacial score (nSPS) is 19.0. The van der Waals surface area contributed by atoms with Gasteiger partial charge in [-0.15, -0.1) is 0 Å². The van der Waals surface area contributed by atoms with Crippen molar-refractivity contribution in [2.24, 2.45) is 0 Å². The summed E-state index contributed by atoms with van der Waals surface area (Å²) >= 11 is 0. The Kier molecular flexibility index (Phi) is 8.33. The quantitative estimate of drug-likeness (QED) is 0.156. The van der Waals surface area contributed by atoms with Crippen molar-refractivity contribution in [1.82, 2.24) is 0 Å². The van der Waals surface area contributed by atoms with Crippen molar-refractivity contribution in [2.45, 2.75) is 51.7 Å². The smallest absolute Gasteiger partial charge is 0.148 e. The summed E-state index contributed by atoms with van der Waals surface area (Å²) in [5, 5.41) is 7.09. The lowest BCUT2D eigenvalue weighted by molar-refractivity contribution is 0.269. The van der Waals surface area contributed by atoms with Crippen LogP contribution in [0, 0.1) is 27.7 Å². The molecule has 2 aliphatic carbocycles. The molecule has 4 atom stereocenters. The van der Waals surface area contributed by atoms with Gasteiger partial charge < -0.3 is 19.3 Å². The molecule has 0 radical (unpaired) electrons. The fourth-order valence-corrected chi connectivity index (χ4v) is 10.4. The SMILES string of the molecule is Cc1ccc(C)c(N(c2cccc3c2OC2C=CC=CC32)c2cc3c4ccccc4c(N(c4cc(C)ccc4C)c4cccc5c4OC4C=CC=CC54)cc3c3ccccc23)c1. The third kappa shape index (κ3) is 5.59. The number of fused-ring (bicyclic) bond motifs is 11. The van der Waals surface area contributed by atoms with Crippen LogP contribution in [0.5, 0.6) is 11.5 Å². The zero-order valence-electron chi connectivity index (χ0n) is 35.3. The summed E-state index contributed by atoms with van der Waals surface area (Å²) in [7, 11) is 0. The number of nitrogens with zero attached hydrogens (tertiary/aromatic N) is 2. The first-order valence-corrected chi connectivity index (χ1v) is 21.8. The van der Waals surface area contributed by atoms with Crippen molar-refractivity contribution in [3.63, 3.8) is 0 Å². The number of hydrogen-bond acceptors (Lipinski definition) is 4. The summed E-state index contributed by atoms with van der Waals surface area (Å²) in [4.78, 5) is 4.93.